The molecule has 1 aromatic heterocycles. The van der Waals surface area contributed by atoms with E-state index in [-0.39, 0.29) is 0 Å². The molecule has 1 unspecified atom stereocenters. The minimum absolute atomic E-state index is 0.625. The van der Waals surface area contributed by atoms with Gasteiger partial charge in [0, 0.05) is 29.9 Å². The summed E-state index contributed by atoms with van der Waals surface area (Å²) in [4.78, 5) is 4.32. The van der Waals surface area contributed by atoms with Gasteiger partial charge in [-0.05, 0) is 43.7 Å². The Kier molecular flexibility index (Phi) is 2.92. The van der Waals surface area contributed by atoms with E-state index in [0.717, 1.165) is 18.6 Å². The molecule has 3 heteroatoms. The minimum Gasteiger partial charge on any atom is -0.383 e. The van der Waals surface area contributed by atoms with Crippen LogP contribution >= 0.6 is 0 Å². The molecule has 1 aromatic carbocycles. The van der Waals surface area contributed by atoms with Gasteiger partial charge in [-0.25, -0.2) is 0 Å². The molecule has 2 N–H and O–H groups in total. The first-order valence-electron chi connectivity index (χ1n) is 6.24. The topological polar surface area (TPSA) is 37.0 Å². The molecule has 3 nitrogen and oxygen atoms in total. The van der Waals surface area contributed by atoms with Gasteiger partial charge in [0.25, 0.3) is 0 Å². The Morgan fingerprint density at radius 2 is 2.35 bits per heavy atom. The molecule has 1 atom stereocenters. The van der Waals surface area contributed by atoms with Gasteiger partial charge in [-0.2, -0.15) is 0 Å². The summed E-state index contributed by atoms with van der Waals surface area (Å²) in [6.45, 7) is 2.17. The van der Waals surface area contributed by atoms with Crippen LogP contribution in [-0.2, 0) is 0 Å². The molecule has 0 bridgehead atoms. The van der Waals surface area contributed by atoms with Gasteiger partial charge in [0.1, 0.15) is 0 Å². The lowest BCUT2D eigenvalue weighted by Crippen LogP contribution is -2.29. The maximum atomic E-state index is 4.32. The number of aromatic nitrogens is 1. The van der Waals surface area contributed by atoms with E-state index in [1.165, 1.54) is 23.9 Å². The number of hydrogen-bond acceptors (Lipinski definition) is 3. The second-order valence-electron chi connectivity index (χ2n) is 4.59. The molecule has 88 valence electrons. The van der Waals surface area contributed by atoms with Gasteiger partial charge in [-0.15, -0.1) is 0 Å². The number of nitrogens with one attached hydrogen (secondary N) is 2. The maximum absolute atomic E-state index is 4.32. The molecule has 3 rings (SSSR count). The van der Waals surface area contributed by atoms with E-state index in [2.05, 4.69) is 39.9 Å². The third kappa shape index (κ3) is 2.39. The van der Waals surface area contributed by atoms with Crippen molar-refractivity contribution in [2.24, 2.45) is 0 Å². The number of anilines is 1. The smallest absolute Gasteiger partial charge is 0.0703 e. The van der Waals surface area contributed by atoms with Crippen LogP contribution in [-0.4, -0.2) is 24.1 Å². The molecule has 1 fully saturated rings. The lowest BCUT2D eigenvalue weighted by Gasteiger charge is -2.12. The Balaban J connectivity index is 1.72. The Morgan fingerprint density at radius 3 is 3.24 bits per heavy atom. The predicted molar refractivity (Wildman–Crippen MR) is 71.3 cm³/mol. The highest BCUT2D eigenvalue weighted by molar-refractivity contribution is 5.82. The molecule has 17 heavy (non-hydrogen) atoms. The van der Waals surface area contributed by atoms with Gasteiger partial charge in [-0.1, -0.05) is 6.07 Å². The summed E-state index contributed by atoms with van der Waals surface area (Å²) in [6, 6.07) is 11.0. The van der Waals surface area contributed by atoms with Gasteiger partial charge in [0.05, 0.1) is 5.52 Å². The first kappa shape index (κ1) is 10.5. The Hall–Kier alpha value is -1.61. The van der Waals surface area contributed by atoms with Crippen molar-refractivity contribution in [3.63, 3.8) is 0 Å². The SMILES string of the molecule is c1cnc2ccc(NCC3CCCN3)cc2c1. The fraction of sp³-hybridized carbons (Fsp3) is 0.357. The van der Waals surface area contributed by atoms with E-state index in [1.807, 2.05) is 12.3 Å². The number of pyridine rings is 1. The Labute approximate surface area is 101 Å². The number of benzene rings is 1. The van der Waals surface area contributed by atoms with Crippen LogP contribution in [0.3, 0.4) is 0 Å². The van der Waals surface area contributed by atoms with Crippen LogP contribution in [0.1, 0.15) is 12.8 Å². The van der Waals surface area contributed by atoms with E-state index in [4.69, 9.17) is 0 Å². The van der Waals surface area contributed by atoms with Crippen LogP contribution in [0.4, 0.5) is 5.69 Å². The van der Waals surface area contributed by atoms with Gasteiger partial charge in [0.2, 0.25) is 0 Å². The van der Waals surface area contributed by atoms with E-state index in [0.29, 0.717) is 6.04 Å². The van der Waals surface area contributed by atoms with Crippen molar-refractivity contribution >= 4 is 16.6 Å². The first-order valence-corrected chi connectivity index (χ1v) is 6.24. The van der Waals surface area contributed by atoms with Crippen molar-refractivity contribution in [2.45, 2.75) is 18.9 Å². The third-order valence-electron chi connectivity index (χ3n) is 3.32. The zero-order chi connectivity index (χ0) is 11.5. The van der Waals surface area contributed by atoms with Gasteiger partial charge < -0.3 is 10.6 Å². The average molecular weight is 227 g/mol. The predicted octanol–water partition coefficient (Wildman–Crippen LogP) is 2.40. The molecular formula is C14H17N3. The largest absolute Gasteiger partial charge is 0.383 e. The lowest BCUT2D eigenvalue weighted by molar-refractivity contribution is 0.633. The van der Waals surface area contributed by atoms with E-state index >= 15 is 0 Å². The van der Waals surface area contributed by atoms with E-state index < -0.39 is 0 Å². The van der Waals surface area contributed by atoms with Crippen LogP contribution in [0.5, 0.6) is 0 Å². The van der Waals surface area contributed by atoms with Crippen molar-refractivity contribution in [2.75, 3.05) is 18.4 Å². The second-order valence-corrected chi connectivity index (χ2v) is 4.59. The van der Waals surface area contributed by atoms with Crippen LogP contribution in [0.25, 0.3) is 10.9 Å². The van der Waals surface area contributed by atoms with Crippen molar-refractivity contribution < 1.29 is 0 Å². The van der Waals surface area contributed by atoms with Crippen molar-refractivity contribution in [3.8, 4) is 0 Å². The summed E-state index contributed by atoms with van der Waals surface area (Å²) >= 11 is 0. The van der Waals surface area contributed by atoms with Crippen molar-refractivity contribution in [3.05, 3.63) is 36.5 Å². The van der Waals surface area contributed by atoms with Crippen LogP contribution < -0.4 is 10.6 Å². The summed E-state index contributed by atoms with van der Waals surface area (Å²) in [7, 11) is 0. The summed E-state index contributed by atoms with van der Waals surface area (Å²) in [6.07, 6.45) is 4.41. The normalized spacial score (nSPS) is 19.6. The summed E-state index contributed by atoms with van der Waals surface area (Å²) in [5.74, 6) is 0. The number of nitrogens with zero attached hydrogens (tertiary/aromatic N) is 1. The fourth-order valence-corrected chi connectivity index (χ4v) is 2.36. The molecule has 0 spiro atoms. The summed E-state index contributed by atoms with van der Waals surface area (Å²) in [5.41, 5.74) is 2.23. The summed E-state index contributed by atoms with van der Waals surface area (Å²) < 4.78 is 0. The molecule has 2 aromatic rings. The molecule has 0 amide bonds. The zero-order valence-electron chi connectivity index (χ0n) is 9.82. The van der Waals surface area contributed by atoms with Crippen LogP contribution in [0.15, 0.2) is 36.5 Å². The molecule has 1 aliphatic rings. The Morgan fingerprint density at radius 1 is 1.35 bits per heavy atom. The minimum atomic E-state index is 0.625. The molecule has 1 saturated heterocycles. The highest BCUT2D eigenvalue weighted by Crippen LogP contribution is 2.17. The standard InChI is InChI=1S/C14H17N3/c1-3-11-9-12(5-6-14(11)16-8-1)17-10-13-4-2-7-15-13/h1,3,5-6,8-9,13,15,17H,2,4,7,10H2. The summed E-state index contributed by atoms with van der Waals surface area (Å²) in [5, 5.41) is 8.17. The number of fused-ring (bicyclic) bond motifs is 1. The monoisotopic (exact) mass is 227 g/mol. The van der Waals surface area contributed by atoms with Gasteiger partial charge in [0.15, 0.2) is 0 Å². The molecule has 0 aliphatic carbocycles. The third-order valence-corrected chi connectivity index (χ3v) is 3.32. The second kappa shape index (κ2) is 4.72. The van der Waals surface area contributed by atoms with Crippen molar-refractivity contribution in [1.29, 1.82) is 0 Å². The van der Waals surface area contributed by atoms with E-state index in [1.54, 1.807) is 0 Å². The molecule has 0 saturated carbocycles. The van der Waals surface area contributed by atoms with Gasteiger partial charge >= 0.3 is 0 Å². The first-order chi connectivity index (χ1) is 8.42. The highest BCUT2D eigenvalue weighted by Gasteiger charge is 2.12. The Bertz CT molecular complexity index is 504. The maximum Gasteiger partial charge on any atom is 0.0703 e. The molecular weight excluding hydrogens is 210 g/mol. The number of rotatable bonds is 3. The quantitative estimate of drug-likeness (QED) is 0.845. The zero-order valence-corrected chi connectivity index (χ0v) is 9.82. The van der Waals surface area contributed by atoms with Gasteiger partial charge in [-0.3, -0.25) is 4.98 Å². The van der Waals surface area contributed by atoms with Crippen LogP contribution in [0.2, 0.25) is 0 Å². The lowest BCUT2D eigenvalue weighted by atomic mass is 10.2. The van der Waals surface area contributed by atoms with Crippen molar-refractivity contribution in [1.82, 2.24) is 10.3 Å². The average Bonchev–Trinajstić information content (AvgIpc) is 2.89. The number of hydrogen-bond donors (Lipinski definition) is 2. The highest BCUT2D eigenvalue weighted by atomic mass is 15.0. The molecule has 0 radical (unpaired) electrons. The molecule has 1 aliphatic heterocycles. The van der Waals surface area contributed by atoms with Crippen LogP contribution in [0, 0.1) is 0 Å². The fourth-order valence-electron chi connectivity index (χ4n) is 2.36. The molecule has 2 heterocycles. The van der Waals surface area contributed by atoms with E-state index in [9.17, 15) is 0 Å².